The fraction of sp³-hybridized carbons (Fsp3) is 0.333. The summed E-state index contributed by atoms with van der Waals surface area (Å²) in [5, 5.41) is 10.1. The Bertz CT molecular complexity index is 457. The number of halogens is 1. The standard InChI is InChI=1S/C9H9ClN2OS/c1-2-6(13)7-3-5-8(14-7)9(10)12-4-11-5/h3-4,6,13H,2H2,1H3. The first-order valence-corrected chi connectivity index (χ1v) is 5.49. The molecule has 0 radical (unpaired) electrons. The summed E-state index contributed by atoms with van der Waals surface area (Å²) < 4.78 is 0.844. The minimum absolute atomic E-state index is 0.426. The Morgan fingerprint density at radius 1 is 1.57 bits per heavy atom. The fourth-order valence-electron chi connectivity index (χ4n) is 1.21. The van der Waals surface area contributed by atoms with Crippen LogP contribution in [0.3, 0.4) is 0 Å². The number of nitrogens with zero attached hydrogens (tertiary/aromatic N) is 2. The number of aliphatic hydroxyl groups is 1. The summed E-state index contributed by atoms with van der Waals surface area (Å²) in [5.41, 5.74) is 0.803. The van der Waals surface area contributed by atoms with Crippen LogP contribution in [0.15, 0.2) is 12.4 Å². The lowest BCUT2D eigenvalue weighted by atomic mass is 10.2. The summed E-state index contributed by atoms with van der Waals surface area (Å²) in [6, 6.07) is 1.86. The lowest BCUT2D eigenvalue weighted by Gasteiger charge is -2.01. The second kappa shape index (κ2) is 3.81. The van der Waals surface area contributed by atoms with Crippen LogP contribution in [0.4, 0.5) is 0 Å². The second-order valence-corrected chi connectivity index (χ2v) is 4.39. The van der Waals surface area contributed by atoms with E-state index in [-0.39, 0.29) is 0 Å². The first kappa shape index (κ1) is 9.83. The Labute approximate surface area is 90.4 Å². The van der Waals surface area contributed by atoms with Gasteiger partial charge < -0.3 is 5.11 Å². The molecular weight excluding hydrogens is 220 g/mol. The van der Waals surface area contributed by atoms with Crippen molar-refractivity contribution in [2.45, 2.75) is 19.4 Å². The summed E-state index contributed by atoms with van der Waals surface area (Å²) in [4.78, 5) is 8.87. The Hall–Kier alpha value is -0.710. The molecule has 2 aromatic rings. The average Bonchev–Trinajstić information content (AvgIpc) is 2.62. The highest BCUT2D eigenvalue weighted by atomic mass is 35.5. The zero-order chi connectivity index (χ0) is 10.1. The van der Waals surface area contributed by atoms with E-state index in [4.69, 9.17) is 11.6 Å². The molecule has 1 N–H and O–H groups in total. The van der Waals surface area contributed by atoms with E-state index in [0.717, 1.165) is 15.1 Å². The number of hydrogen-bond donors (Lipinski definition) is 1. The van der Waals surface area contributed by atoms with Crippen molar-refractivity contribution in [3.8, 4) is 0 Å². The van der Waals surface area contributed by atoms with Crippen molar-refractivity contribution < 1.29 is 5.11 Å². The van der Waals surface area contributed by atoms with Crippen molar-refractivity contribution in [2.24, 2.45) is 0 Å². The fourth-order valence-corrected chi connectivity index (χ4v) is 2.53. The van der Waals surface area contributed by atoms with Gasteiger partial charge in [0.2, 0.25) is 0 Å². The van der Waals surface area contributed by atoms with Crippen molar-refractivity contribution in [1.29, 1.82) is 0 Å². The van der Waals surface area contributed by atoms with E-state index in [1.54, 1.807) is 0 Å². The maximum absolute atomic E-state index is 9.64. The molecule has 1 unspecified atom stereocenters. The third kappa shape index (κ3) is 1.61. The number of thiophene rings is 1. The Kier molecular flexibility index (Phi) is 2.67. The van der Waals surface area contributed by atoms with Crippen LogP contribution < -0.4 is 0 Å². The molecule has 0 aromatic carbocycles. The molecule has 5 heteroatoms. The smallest absolute Gasteiger partial charge is 0.150 e. The van der Waals surface area contributed by atoms with Gasteiger partial charge in [0.15, 0.2) is 0 Å². The molecule has 0 amide bonds. The molecular formula is C9H9ClN2OS. The predicted molar refractivity (Wildman–Crippen MR) is 57.7 cm³/mol. The topological polar surface area (TPSA) is 46.0 Å². The lowest BCUT2D eigenvalue weighted by Crippen LogP contribution is -1.89. The van der Waals surface area contributed by atoms with Crippen molar-refractivity contribution in [1.82, 2.24) is 9.97 Å². The van der Waals surface area contributed by atoms with Crippen LogP contribution in [-0.2, 0) is 0 Å². The quantitative estimate of drug-likeness (QED) is 0.804. The van der Waals surface area contributed by atoms with Crippen LogP contribution in [0.5, 0.6) is 0 Å². The zero-order valence-corrected chi connectivity index (χ0v) is 9.14. The van der Waals surface area contributed by atoms with Gasteiger partial charge in [0.25, 0.3) is 0 Å². The molecule has 14 heavy (non-hydrogen) atoms. The van der Waals surface area contributed by atoms with Gasteiger partial charge in [-0.3, -0.25) is 0 Å². The molecule has 0 saturated heterocycles. The molecule has 0 spiro atoms. The summed E-state index contributed by atoms with van der Waals surface area (Å²) in [5.74, 6) is 0. The molecule has 74 valence electrons. The summed E-state index contributed by atoms with van der Waals surface area (Å²) in [6.45, 7) is 1.93. The van der Waals surface area contributed by atoms with Crippen LogP contribution in [0.1, 0.15) is 24.3 Å². The van der Waals surface area contributed by atoms with Gasteiger partial charge in [0, 0.05) is 4.88 Å². The number of hydrogen-bond acceptors (Lipinski definition) is 4. The van der Waals surface area contributed by atoms with Crippen molar-refractivity contribution in [2.75, 3.05) is 0 Å². The van der Waals surface area contributed by atoms with E-state index in [1.165, 1.54) is 17.7 Å². The third-order valence-electron chi connectivity index (χ3n) is 2.00. The van der Waals surface area contributed by atoms with E-state index >= 15 is 0 Å². The summed E-state index contributed by atoms with van der Waals surface area (Å²) >= 11 is 7.35. The van der Waals surface area contributed by atoms with Gasteiger partial charge in [-0.2, -0.15) is 0 Å². The summed E-state index contributed by atoms with van der Waals surface area (Å²) in [7, 11) is 0. The van der Waals surface area contributed by atoms with Crippen molar-refractivity contribution in [3.05, 3.63) is 22.4 Å². The molecule has 0 saturated carbocycles. The van der Waals surface area contributed by atoms with Crippen LogP contribution in [0, 0.1) is 0 Å². The van der Waals surface area contributed by atoms with Gasteiger partial charge in [-0.15, -0.1) is 11.3 Å². The molecule has 1 atom stereocenters. The predicted octanol–water partition coefficient (Wildman–Crippen LogP) is 2.79. The molecule has 0 aliphatic rings. The van der Waals surface area contributed by atoms with Crippen LogP contribution in [-0.4, -0.2) is 15.1 Å². The Morgan fingerprint density at radius 3 is 3.00 bits per heavy atom. The van der Waals surface area contributed by atoms with E-state index < -0.39 is 6.10 Å². The maximum atomic E-state index is 9.64. The summed E-state index contributed by atoms with van der Waals surface area (Å²) in [6.07, 6.45) is 1.70. The number of aliphatic hydroxyl groups excluding tert-OH is 1. The minimum Gasteiger partial charge on any atom is -0.388 e. The lowest BCUT2D eigenvalue weighted by molar-refractivity contribution is 0.177. The van der Waals surface area contributed by atoms with Gasteiger partial charge in [-0.05, 0) is 12.5 Å². The van der Waals surface area contributed by atoms with Crippen molar-refractivity contribution in [3.63, 3.8) is 0 Å². The van der Waals surface area contributed by atoms with E-state index in [0.29, 0.717) is 11.6 Å². The largest absolute Gasteiger partial charge is 0.388 e. The van der Waals surface area contributed by atoms with E-state index in [1.807, 2.05) is 13.0 Å². The molecule has 3 nitrogen and oxygen atoms in total. The molecule has 2 aromatic heterocycles. The number of fused-ring (bicyclic) bond motifs is 1. The first-order valence-electron chi connectivity index (χ1n) is 4.30. The van der Waals surface area contributed by atoms with Crippen LogP contribution >= 0.6 is 22.9 Å². The van der Waals surface area contributed by atoms with E-state index in [9.17, 15) is 5.11 Å². The first-order chi connectivity index (χ1) is 6.72. The minimum atomic E-state index is -0.426. The van der Waals surface area contributed by atoms with Crippen molar-refractivity contribution >= 4 is 33.2 Å². The van der Waals surface area contributed by atoms with Gasteiger partial charge >= 0.3 is 0 Å². The third-order valence-corrected chi connectivity index (χ3v) is 3.63. The van der Waals surface area contributed by atoms with E-state index in [2.05, 4.69) is 9.97 Å². The zero-order valence-electron chi connectivity index (χ0n) is 7.57. The van der Waals surface area contributed by atoms with Gasteiger partial charge in [0.05, 0.1) is 16.3 Å². The highest BCUT2D eigenvalue weighted by molar-refractivity contribution is 7.19. The Balaban J connectivity index is 2.56. The molecule has 0 aliphatic heterocycles. The average molecular weight is 229 g/mol. The number of rotatable bonds is 2. The molecule has 2 rings (SSSR count). The van der Waals surface area contributed by atoms with Crippen LogP contribution in [0.25, 0.3) is 10.2 Å². The van der Waals surface area contributed by atoms with Gasteiger partial charge in [-0.1, -0.05) is 18.5 Å². The molecule has 0 aliphatic carbocycles. The SMILES string of the molecule is CCC(O)c1cc2ncnc(Cl)c2s1. The molecule has 0 fully saturated rings. The number of aromatic nitrogens is 2. The molecule has 0 bridgehead atoms. The monoisotopic (exact) mass is 228 g/mol. The molecule has 2 heterocycles. The second-order valence-electron chi connectivity index (χ2n) is 2.95. The highest BCUT2D eigenvalue weighted by Crippen LogP contribution is 2.33. The highest BCUT2D eigenvalue weighted by Gasteiger charge is 2.12. The van der Waals surface area contributed by atoms with Gasteiger partial charge in [-0.25, -0.2) is 9.97 Å². The van der Waals surface area contributed by atoms with Gasteiger partial charge in [0.1, 0.15) is 11.5 Å². The Morgan fingerprint density at radius 2 is 2.36 bits per heavy atom. The van der Waals surface area contributed by atoms with Crippen LogP contribution in [0.2, 0.25) is 5.15 Å². The normalized spacial score (nSPS) is 13.4. The maximum Gasteiger partial charge on any atom is 0.150 e.